The zero-order valence-electron chi connectivity index (χ0n) is 13.2. The summed E-state index contributed by atoms with van der Waals surface area (Å²) in [6.45, 7) is 2.03. The summed E-state index contributed by atoms with van der Waals surface area (Å²) in [5, 5.41) is 10.8. The van der Waals surface area contributed by atoms with Crippen molar-refractivity contribution in [3.63, 3.8) is 0 Å². The van der Waals surface area contributed by atoms with Crippen molar-refractivity contribution in [2.45, 2.75) is 13.0 Å². The molecule has 0 aliphatic heterocycles. The van der Waals surface area contributed by atoms with Gasteiger partial charge in [-0.25, -0.2) is 0 Å². The minimum absolute atomic E-state index is 0.317. The van der Waals surface area contributed by atoms with Crippen molar-refractivity contribution in [2.75, 3.05) is 20.6 Å². The van der Waals surface area contributed by atoms with Gasteiger partial charge in [0, 0.05) is 23.1 Å². The fourth-order valence-corrected chi connectivity index (χ4v) is 2.89. The van der Waals surface area contributed by atoms with Gasteiger partial charge in [0.2, 0.25) is 0 Å². The molecule has 1 N–H and O–H groups in total. The normalized spacial score (nSPS) is 11.4. The lowest BCUT2D eigenvalue weighted by molar-refractivity contribution is 0.388. The summed E-state index contributed by atoms with van der Waals surface area (Å²) < 4.78 is 2.35. The highest BCUT2D eigenvalue weighted by Crippen LogP contribution is 2.30. The third kappa shape index (κ3) is 3.00. The van der Waals surface area contributed by atoms with Crippen LogP contribution in [-0.4, -0.2) is 35.2 Å². The third-order valence-corrected chi connectivity index (χ3v) is 3.94. The number of phenols is 1. The van der Waals surface area contributed by atoms with Gasteiger partial charge in [0.25, 0.3) is 0 Å². The summed E-state index contributed by atoms with van der Waals surface area (Å²) in [4.78, 5) is 2.21. The van der Waals surface area contributed by atoms with E-state index in [1.807, 2.05) is 18.2 Å². The number of hydrogen-bond acceptors (Lipinski definition) is 2. The maximum Gasteiger partial charge on any atom is 0.116 e. The SMILES string of the molecule is CN(C)CCCn1c(-c2ccccc2)cc2cc(O)ccc21. The molecule has 0 bridgehead atoms. The van der Waals surface area contributed by atoms with E-state index in [1.165, 1.54) is 16.8 Å². The van der Waals surface area contributed by atoms with E-state index in [2.05, 4.69) is 53.9 Å². The lowest BCUT2D eigenvalue weighted by atomic mass is 10.1. The van der Waals surface area contributed by atoms with E-state index in [0.717, 1.165) is 24.9 Å². The Morgan fingerprint density at radius 2 is 1.77 bits per heavy atom. The van der Waals surface area contributed by atoms with Gasteiger partial charge in [0.05, 0.1) is 0 Å². The number of aromatic nitrogens is 1. The van der Waals surface area contributed by atoms with Gasteiger partial charge in [-0.2, -0.15) is 0 Å². The van der Waals surface area contributed by atoms with E-state index >= 15 is 0 Å². The molecule has 3 aromatic rings. The molecule has 3 nitrogen and oxygen atoms in total. The van der Waals surface area contributed by atoms with Crippen molar-refractivity contribution in [3.05, 3.63) is 54.6 Å². The van der Waals surface area contributed by atoms with Crippen LogP contribution in [0, 0.1) is 0 Å². The smallest absolute Gasteiger partial charge is 0.116 e. The Kier molecular flexibility index (Phi) is 4.16. The number of aryl methyl sites for hydroxylation is 1. The van der Waals surface area contributed by atoms with Gasteiger partial charge < -0.3 is 14.6 Å². The van der Waals surface area contributed by atoms with Crippen LogP contribution in [0.3, 0.4) is 0 Å². The summed E-state index contributed by atoms with van der Waals surface area (Å²) in [5.74, 6) is 0.317. The monoisotopic (exact) mass is 294 g/mol. The van der Waals surface area contributed by atoms with Crippen LogP contribution in [0.1, 0.15) is 6.42 Å². The van der Waals surface area contributed by atoms with Crippen LogP contribution in [0.4, 0.5) is 0 Å². The summed E-state index contributed by atoms with van der Waals surface area (Å²) >= 11 is 0. The van der Waals surface area contributed by atoms with Gasteiger partial charge in [-0.3, -0.25) is 0 Å². The molecule has 0 atom stereocenters. The molecule has 0 saturated carbocycles. The molecular weight excluding hydrogens is 272 g/mol. The molecule has 0 aliphatic carbocycles. The first-order valence-electron chi connectivity index (χ1n) is 7.67. The minimum atomic E-state index is 0.317. The number of aromatic hydroxyl groups is 1. The minimum Gasteiger partial charge on any atom is -0.508 e. The van der Waals surface area contributed by atoms with Gasteiger partial charge in [-0.15, -0.1) is 0 Å². The Hall–Kier alpha value is -2.26. The Bertz CT molecular complexity index is 760. The number of rotatable bonds is 5. The molecule has 1 aromatic heterocycles. The summed E-state index contributed by atoms with van der Waals surface area (Å²) in [6.07, 6.45) is 1.09. The molecular formula is C19H22N2O. The highest BCUT2D eigenvalue weighted by atomic mass is 16.3. The lowest BCUT2D eigenvalue weighted by Gasteiger charge is -2.13. The van der Waals surface area contributed by atoms with Crippen LogP contribution in [0.5, 0.6) is 5.75 Å². The van der Waals surface area contributed by atoms with E-state index < -0.39 is 0 Å². The van der Waals surface area contributed by atoms with Crippen LogP contribution < -0.4 is 0 Å². The standard InChI is InChI=1S/C19H22N2O/c1-20(2)11-6-12-21-18-10-9-17(22)13-16(18)14-19(21)15-7-4-3-5-8-15/h3-5,7-10,13-14,22H,6,11-12H2,1-2H3. The number of hydrogen-bond donors (Lipinski definition) is 1. The molecule has 2 aromatic carbocycles. The second-order valence-electron chi connectivity index (χ2n) is 5.95. The molecule has 1 heterocycles. The van der Waals surface area contributed by atoms with Crippen molar-refractivity contribution in [2.24, 2.45) is 0 Å². The van der Waals surface area contributed by atoms with Crippen molar-refractivity contribution >= 4 is 10.9 Å². The molecule has 0 fully saturated rings. The predicted molar refractivity (Wildman–Crippen MR) is 92.2 cm³/mol. The zero-order chi connectivity index (χ0) is 15.5. The Balaban J connectivity index is 2.05. The van der Waals surface area contributed by atoms with Crippen LogP contribution in [0.15, 0.2) is 54.6 Å². The highest BCUT2D eigenvalue weighted by molar-refractivity contribution is 5.88. The fourth-order valence-electron chi connectivity index (χ4n) is 2.89. The first-order chi connectivity index (χ1) is 10.6. The summed E-state index contributed by atoms with van der Waals surface area (Å²) in [5.41, 5.74) is 3.60. The van der Waals surface area contributed by atoms with Gasteiger partial charge in [-0.1, -0.05) is 30.3 Å². The van der Waals surface area contributed by atoms with Crippen molar-refractivity contribution in [1.29, 1.82) is 0 Å². The average Bonchev–Trinajstić information content (AvgIpc) is 2.86. The second-order valence-corrected chi connectivity index (χ2v) is 5.95. The van der Waals surface area contributed by atoms with Crippen LogP contribution >= 0.6 is 0 Å². The Morgan fingerprint density at radius 3 is 2.50 bits per heavy atom. The Labute approximate surface area is 131 Å². The molecule has 0 amide bonds. The largest absolute Gasteiger partial charge is 0.508 e. The highest BCUT2D eigenvalue weighted by Gasteiger charge is 2.11. The van der Waals surface area contributed by atoms with E-state index in [-0.39, 0.29) is 0 Å². The molecule has 3 heteroatoms. The molecule has 0 saturated heterocycles. The second kappa shape index (κ2) is 6.24. The third-order valence-electron chi connectivity index (χ3n) is 3.94. The van der Waals surface area contributed by atoms with Crippen molar-refractivity contribution < 1.29 is 5.11 Å². The summed E-state index contributed by atoms with van der Waals surface area (Å²) in [6, 6.07) is 18.2. The number of phenolic OH excluding ortho intramolecular Hbond substituents is 1. The lowest BCUT2D eigenvalue weighted by Crippen LogP contribution is -2.15. The van der Waals surface area contributed by atoms with Crippen molar-refractivity contribution in [3.8, 4) is 17.0 Å². The van der Waals surface area contributed by atoms with E-state index in [4.69, 9.17) is 0 Å². The maximum atomic E-state index is 9.73. The van der Waals surface area contributed by atoms with E-state index in [1.54, 1.807) is 6.07 Å². The van der Waals surface area contributed by atoms with E-state index in [0.29, 0.717) is 5.75 Å². The molecule has 114 valence electrons. The fraction of sp³-hybridized carbons (Fsp3) is 0.263. The number of fused-ring (bicyclic) bond motifs is 1. The first kappa shape index (κ1) is 14.7. The molecule has 0 radical (unpaired) electrons. The average molecular weight is 294 g/mol. The Morgan fingerprint density at radius 1 is 1.00 bits per heavy atom. The zero-order valence-corrected chi connectivity index (χ0v) is 13.2. The van der Waals surface area contributed by atoms with Gasteiger partial charge >= 0.3 is 0 Å². The van der Waals surface area contributed by atoms with Crippen molar-refractivity contribution in [1.82, 2.24) is 9.47 Å². The molecule has 0 unspecified atom stereocenters. The first-order valence-corrected chi connectivity index (χ1v) is 7.67. The predicted octanol–water partition coefficient (Wildman–Crippen LogP) is 3.97. The maximum absolute atomic E-state index is 9.73. The van der Waals surface area contributed by atoms with Crippen LogP contribution in [0.2, 0.25) is 0 Å². The van der Waals surface area contributed by atoms with Gasteiger partial charge in [0.1, 0.15) is 5.75 Å². The quantitative estimate of drug-likeness (QED) is 0.771. The van der Waals surface area contributed by atoms with Crippen LogP contribution in [-0.2, 0) is 6.54 Å². The molecule has 22 heavy (non-hydrogen) atoms. The molecule has 3 rings (SSSR count). The van der Waals surface area contributed by atoms with Gasteiger partial charge in [-0.05, 0) is 56.9 Å². The van der Waals surface area contributed by atoms with Gasteiger partial charge in [0.15, 0.2) is 0 Å². The summed E-state index contributed by atoms with van der Waals surface area (Å²) in [7, 11) is 4.20. The molecule has 0 spiro atoms. The number of benzene rings is 2. The van der Waals surface area contributed by atoms with E-state index in [9.17, 15) is 5.11 Å². The number of nitrogens with zero attached hydrogens (tertiary/aromatic N) is 2. The topological polar surface area (TPSA) is 28.4 Å². The molecule has 0 aliphatic rings. The van der Waals surface area contributed by atoms with Crippen LogP contribution in [0.25, 0.3) is 22.2 Å².